The van der Waals surface area contributed by atoms with E-state index in [4.69, 9.17) is 17.3 Å². The van der Waals surface area contributed by atoms with Crippen LogP contribution >= 0.6 is 11.6 Å². The molecule has 1 aromatic carbocycles. The summed E-state index contributed by atoms with van der Waals surface area (Å²) in [5.41, 5.74) is 7.21. The third kappa shape index (κ3) is 2.87. The van der Waals surface area contributed by atoms with E-state index in [1.54, 1.807) is 30.1 Å². The maximum absolute atomic E-state index is 12.7. The summed E-state index contributed by atoms with van der Waals surface area (Å²) in [6.07, 6.45) is 2.25. The van der Waals surface area contributed by atoms with Crippen LogP contribution in [0.1, 0.15) is 5.56 Å². The van der Waals surface area contributed by atoms with Gasteiger partial charge < -0.3 is 10.6 Å². The molecule has 0 bridgehead atoms. The highest BCUT2D eigenvalue weighted by atomic mass is 35.5. The van der Waals surface area contributed by atoms with Crippen LogP contribution in [0, 0.1) is 5.82 Å². The molecule has 0 saturated heterocycles. The lowest BCUT2D eigenvalue weighted by atomic mass is 10.2. The smallest absolute Gasteiger partial charge is 0.225 e. The van der Waals surface area contributed by atoms with Crippen molar-refractivity contribution in [2.24, 2.45) is 0 Å². The Morgan fingerprint density at radius 1 is 1.33 bits per heavy atom. The number of nitrogens with two attached hydrogens (primary N) is 1. The average Bonchev–Trinajstić information content (AvgIpc) is 2.34. The minimum atomic E-state index is -0.464. The first kappa shape index (κ1) is 12.6. The van der Waals surface area contributed by atoms with Gasteiger partial charge in [0.15, 0.2) is 5.82 Å². The van der Waals surface area contributed by atoms with Crippen LogP contribution in [0.2, 0.25) is 5.02 Å². The number of rotatable bonds is 3. The zero-order valence-corrected chi connectivity index (χ0v) is 10.5. The zero-order chi connectivity index (χ0) is 13.1. The molecular formula is C12H12ClFN4. The molecule has 0 aliphatic heterocycles. The molecule has 0 fully saturated rings. The van der Waals surface area contributed by atoms with Crippen molar-refractivity contribution in [1.82, 2.24) is 9.97 Å². The highest BCUT2D eigenvalue weighted by Gasteiger charge is 2.08. The minimum Gasteiger partial charge on any atom is -0.399 e. The Hall–Kier alpha value is -1.88. The van der Waals surface area contributed by atoms with Crippen LogP contribution in [-0.4, -0.2) is 17.0 Å². The number of nitrogen functional groups attached to an aromatic ring is 1. The lowest BCUT2D eigenvalue weighted by molar-refractivity contribution is 0.612. The summed E-state index contributed by atoms with van der Waals surface area (Å²) in [7, 11) is 1.80. The zero-order valence-electron chi connectivity index (χ0n) is 9.77. The predicted octanol–water partition coefficient (Wildman–Crippen LogP) is 2.49. The Morgan fingerprint density at radius 2 is 2.00 bits per heavy atom. The molecule has 4 nitrogen and oxygen atoms in total. The Kier molecular flexibility index (Phi) is 3.62. The van der Waals surface area contributed by atoms with Gasteiger partial charge in [-0.05, 0) is 23.8 Å². The van der Waals surface area contributed by atoms with Gasteiger partial charge in [0.2, 0.25) is 5.95 Å². The maximum atomic E-state index is 12.7. The summed E-state index contributed by atoms with van der Waals surface area (Å²) >= 11 is 6.07. The first-order chi connectivity index (χ1) is 8.56. The van der Waals surface area contributed by atoms with E-state index in [-0.39, 0.29) is 0 Å². The normalized spacial score (nSPS) is 10.4. The lowest BCUT2D eigenvalue weighted by Gasteiger charge is -2.17. The molecule has 1 aromatic heterocycles. The van der Waals surface area contributed by atoms with Crippen molar-refractivity contribution in [3.63, 3.8) is 0 Å². The van der Waals surface area contributed by atoms with Gasteiger partial charge in [0.1, 0.15) is 0 Å². The number of nitrogens with zero attached hydrogens (tertiary/aromatic N) is 3. The second-order valence-electron chi connectivity index (χ2n) is 3.91. The first-order valence-electron chi connectivity index (χ1n) is 5.29. The fourth-order valence-electron chi connectivity index (χ4n) is 1.54. The molecule has 1 heterocycles. The highest BCUT2D eigenvalue weighted by Crippen LogP contribution is 2.21. The molecule has 0 amide bonds. The summed E-state index contributed by atoms with van der Waals surface area (Å²) in [6, 6.07) is 5.27. The predicted molar refractivity (Wildman–Crippen MR) is 70.0 cm³/mol. The van der Waals surface area contributed by atoms with Crippen molar-refractivity contribution in [2.75, 3.05) is 17.7 Å². The van der Waals surface area contributed by atoms with Gasteiger partial charge in [-0.25, -0.2) is 14.4 Å². The molecule has 0 saturated carbocycles. The number of hydrogen-bond donors (Lipinski definition) is 1. The largest absolute Gasteiger partial charge is 0.399 e. The van der Waals surface area contributed by atoms with Gasteiger partial charge in [-0.1, -0.05) is 11.6 Å². The molecule has 94 valence electrons. The van der Waals surface area contributed by atoms with Crippen molar-refractivity contribution in [3.05, 3.63) is 47.0 Å². The summed E-state index contributed by atoms with van der Waals surface area (Å²) in [5.74, 6) is -0.0379. The summed E-state index contributed by atoms with van der Waals surface area (Å²) in [5, 5.41) is 0.623. The molecule has 0 aliphatic carbocycles. The van der Waals surface area contributed by atoms with Crippen LogP contribution in [0.15, 0.2) is 30.6 Å². The number of benzene rings is 1. The molecule has 2 rings (SSSR count). The molecule has 0 atom stereocenters. The SMILES string of the molecule is CN(Cc1cc(N)ccc1Cl)c1ncc(F)cn1. The first-order valence-corrected chi connectivity index (χ1v) is 5.66. The van der Waals surface area contributed by atoms with Gasteiger partial charge in [-0.3, -0.25) is 0 Å². The Bertz CT molecular complexity index is 544. The molecular weight excluding hydrogens is 255 g/mol. The van der Waals surface area contributed by atoms with E-state index < -0.39 is 5.82 Å². The van der Waals surface area contributed by atoms with Gasteiger partial charge in [0.05, 0.1) is 12.4 Å². The van der Waals surface area contributed by atoms with Crippen molar-refractivity contribution >= 4 is 23.2 Å². The molecule has 0 radical (unpaired) electrons. The van der Waals surface area contributed by atoms with Gasteiger partial charge in [0.25, 0.3) is 0 Å². The molecule has 0 unspecified atom stereocenters. The van der Waals surface area contributed by atoms with Crippen LogP contribution < -0.4 is 10.6 Å². The quantitative estimate of drug-likeness (QED) is 0.867. The van der Waals surface area contributed by atoms with Crippen LogP contribution in [0.5, 0.6) is 0 Å². The molecule has 0 spiro atoms. The molecule has 2 aromatic rings. The van der Waals surface area contributed by atoms with Crippen molar-refractivity contribution in [2.45, 2.75) is 6.54 Å². The fourth-order valence-corrected chi connectivity index (χ4v) is 1.72. The fraction of sp³-hybridized carbons (Fsp3) is 0.167. The second-order valence-corrected chi connectivity index (χ2v) is 4.32. The highest BCUT2D eigenvalue weighted by molar-refractivity contribution is 6.31. The minimum absolute atomic E-state index is 0.426. The van der Waals surface area contributed by atoms with Crippen LogP contribution in [0.3, 0.4) is 0 Å². The van der Waals surface area contributed by atoms with Gasteiger partial charge in [-0.15, -0.1) is 0 Å². The van der Waals surface area contributed by atoms with Crippen LogP contribution in [-0.2, 0) is 6.54 Å². The number of halogens is 2. The maximum Gasteiger partial charge on any atom is 0.225 e. The summed E-state index contributed by atoms with van der Waals surface area (Å²) in [6.45, 7) is 0.496. The van der Waals surface area contributed by atoms with Crippen molar-refractivity contribution in [1.29, 1.82) is 0 Å². The Morgan fingerprint density at radius 3 is 2.67 bits per heavy atom. The third-order valence-electron chi connectivity index (χ3n) is 2.43. The Balaban J connectivity index is 2.18. The van der Waals surface area contributed by atoms with Gasteiger partial charge in [0, 0.05) is 24.3 Å². The summed E-state index contributed by atoms with van der Waals surface area (Å²) < 4.78 is 12.7. The van der Waals surface area contributed by atoms with Gasteiger partial charge in [-0.2, -0.15) is 0 Å². The van der Waals surface area contributed by atoms with E-state index >= 15 is 0 Å². The number of aromatic nitrogens is 2. The Labute approximate surface area is 109 Å². The lowest BCUT2D eigenvalue weighted by Crippen LogP contribution is -2.19. The number of anilines is 2. The molecule has 0 aliphatic rings. The second kappa shape index (κ2) is 5.18. The molecule has 6 heteroatoms. The standard InChI is InChI=1S/C12H12ClFN4/c1-18(12-16-5-9(14)6-17-12)7-8-4-10(15)2-3-11(8)13/h2-6H,7,15H2,1H3. The van der Waals surface area contributed by atoms with E-state index in [9.17, 15) is 4.39 Å². The van der Waals surface area contributed by atoms with E-state index in [0.717, 1.165) is 18.0 Å². The topological polar surface area (TPSA) is 55.0 Å². The molecule has 2 N–H and O–H groups in total. The monoisotopic (exact) mass is 266 g/mol. The third-order valence-corrected chi connectivity index (χ3v) is 2.79. The van der Waals surface area contributed by atoms with Gasteiger partial charge >= 0.3 is 0 Å². The average molecular weight is 267 g/mol. The van der Waals surface area contributed by atoms with E-state index in [0.29, 0.717) is 23.2 Å². The molecule has 18 heavy (non-hydrogen) atoms. The van der Waals surface area contributed by atoms with Crippen LogP contribution in [0.4, 0.5) is 16.0 Å². The summed E-state index contributed by atoms with van der Waals surface area (Å²) in [4.78, 5) is 9.55. The van der Waals surface area contributed by atoms with Crippen LogP contribution in [0.25, 0.3) is 0 Å². The van der Waals surface area contributed by atoms with Crippen molar-refractivity contribution < 1.29 is 4.39 Å². The van der Waals surface area contributed by atoms with E-state index in [1.807, 2.05) is 0 Å². The van der Waals surface area contributed by atoms with E-state index in [2.05, 4.69) is 9.97 Å². The van der Waals surface area contributed by atoms with E-state index in [1.165, 1.54) is 0 Å². The van der Waals surface area contributed by atoms with Crippen molar-refractivity contribution in [3.8, 4) is 0 Å². The number of hydrogen-bond acceptors (Lipinski definition) is 4.